The first-order valence-corrected chi connectivity index (χ1v) is 4.84. The van der Waals surface area contributed by atoms with Crippen LogP contribution >= 0.6 is 11.6 Å². The summed E-state index contributed by atoms with van der Waals surface area (Å²) in [7, 11) is 0. The Morgan fingerprint density at radius 3 is 2.69 bits per heavy atom. The van der Waals surface area contributed by atoms with Gasteiger partial charge in [-0.25, -0.2) is 9.18 Å². The van der Waals surface area contributed by atoms with Gasteiger partial charge in [-0.1, -0.05) is 17.7 Å². The van der Waals surface area contributed by atoms with Crippen molar-refractivity contribution in [2.45, 2.75) is 6.42 Å². The van der Waals surface area contributed by atoms with Gasteiger partial charge in [0.25, 0.3) is 0 Å². The Labute approximate surface area is 96.0 Å². The number of rotatable bonds is 3. The molecule has 0 fully saturated rings. The number of nitrogens with one attached hydrogen (secondary N) is 1. The molecule has 1 rings (SSSR count). The predicted octanol–water partition coefficient (Wildman–Crippen LogP) is 1.22. The van der Waals surface area contributed by atoms with E-state index in [0.717, 1.165) is 0 Å². The van der Waals surface area contributed by atoms with Crippen LogP contribution in [0.15, 0.2) is 18.2 Å². The predicted molar refractivity (Wildman–Crippen MR) is 55.8 cm³/mol. The van der Waals surface area contributed by atoms with Gasteiger partial charge < -0.3 is 10.4 Å². The quantitative estimate of drug-likeness (QED) is 0.787. The molecule has 1 aromatic carbocycles. The normalized spacial score (nSPS) is 9.88. The molecule has 1 amide bonds. The van der Waals surface area contributed by atoms with Crippen LogP contribution in [0.3, 0.4) is 0 Å². The maximum Gasteiger partial charge on any atom is 0.394 e. The second-order valence-corrected chi connectivity index (χ2v) is 3.42. The van der Waals surface area contributed by atoms with Gasteiger partial charge in [0.2, 0.25) is 0 Å². The Bertz CT molecular complexity index is 402. The number of carbonyl (C=O) groups excluding carboxylic acids is 1. The third-order valence-corrected chi connectivity index (χ3v) is 2.27. The minimum atomic E-state index is -1.57. The highest BCUT2D eigenvalue weighted by molar-refractivity contribution is 6.31. The highest BCUT2D eigenvalue weighted by Crippen LogP contribution is 2.18. The molecular weight excluding hydrogens is 237 g/mol. The molecule has 0 atom stereocenters. The molecule has 0 aliphatic carbocycles. The number of aliphatic carboxylic acids is 1. The summed E-state index contributed by atoms with van der Waals surface area (Å²) < 4.78 is 13.2. The SMILES string of the molecule is O=C(O)C(=O)NCCc1c(F)cccc1Cl. The van der Waals surface area contributed by atoms with Crippen molar-refractivity contribution in [1.82, 2.24) is 5.32 Å². The third kappa shape index (κ3) is 3.20. The number of carboxylic acids is 1. The molecule has 0 heterocycles. The van der Waals surface area contributed by atoms with E-state index in [-0.39, 0.29) is 23.6 Å². The van der Waals surface area contributed by atoms with Crippen molar-refractivity contribution in [3.63, 3.8) is 0 Å². The molecule has 0 aliphatic heterocycles. The number of amides is 1. The lowest BCUT2D eigenvalue weighted by atomic mass is 10.1. The average molecular weight is 246 g/mol. The average Bonchev–Trinajstić information content (AvgIpc) is 2.22. The number of hydrogen-bond donors (Lipinski definition) is 2. The number of halogens is 2. The summed E-state index contributed by atoms with van der Waals surface area (Å²) in [6.45, 7) is 0.0196. The Hall–Kier alpha value is -1.62. The van der Waals surface area contributed by atoms with Crippen LogP contribution in [-0.4, -0.2) is 23.5 Å². The standard InChI is InChI=1S/C10H9ClFNO3/c11-7-2-1-3-8(12)6(7)4-5-13-9(14)10(15)16/h1-3H,4-5H2,(H,13,14)(H,15,16). The van der Waals surface area contributed by atoms with Crippen molar-refractivity contribution in [2.75, 3.05) is 6.54 Å². The second kappa shape index (κ2) is 5.46. The highest BCUT2D eigenvalue weighted by Gasteiger charge is 2.11. The van der Waals surface area contributed by atoms with Crippen LogP contribution in [0.2, 0.25) is 5.02 Å². The fraction of sp³-hybridized carbons (Fsp3) is 0.200. The lowest BCUT2D eigenvalue weighted by Gasteiger charge is -2.05. The molecule has 6 heteroatoms. The van der Waals surface area contributed by atoms with Crippen LogP contribution in [0.4, 0.5) is 4.39 Å². The third-order valence-electron chi connectivity index (χ3n) is 1.92. The minimum Gasteiger partial charge on any atom is -0.474 e. The summed E-state index contributed by atoms with van der Waals surface area (Å²) in [6, 6.07) is 4.25. The van der Waals surface area contributed by atoms with Crippen molar-refractivity contribution in [1.29, 1.82) is 0 Å². The maximum atomic E-state index is 13.2. The van der Waals surface area contributed by atoms with Crippen molar-refractivity contribution < 1.29 is 19.1 Å². The van der Waals surface area contributed by atoms with Crippen LogP contribution in [0.5, 0.6) is 0 Å². The second-order valence-electron chi connectivity index (χ2n) is 3.01. The van der Waals surface area contributed by atoms with Crippen LogP contribution < -0.4 is 5.32 Å². The lowest BCUT2D eigenvalue weighted by molar-refractivity contribution is -0.150. The van der Waals surface area contributed by atoms with Crippen molar-refractivity contribution in [2.24, 2.45) is 0 Å². The van der Waals surface area contributed by atoms with E-state index in [9.17, 15) is 14.0 Å². The molecule has 0 spiro atoms. The first-order chi connectivity index (χ1) is 7.52. The molecule has 1 aromatic rings. The molecule has 0 saturated carbocycles. The number of carbonyl (C=O) groups is 2. The largest absolute Gasteiger partial charge is 0.474 e. The van der Waals surface area contributed by atoms with Gasteiger partial charge in [-0.05, 0) is 18.6 Å². The molecule has 16 heavy (non-hydrogen) atoms. The van der Waals surface area contributed by atoms with Crippen LogP contribution in [-0.2, 0) is 16.0 Å². The number of hydrogen-bond acceptors (Lipinski definition) is 2. The van der Waals surface area contributed by atoms with E-state index in [1.54, 1.807) is 0 Å². The van der Waals surface area contributed by atoms with Crippen LogP contribution in [0.1, 0.15) is 5.56 Å². The van der Waals surface area contributed by atoms with Crippen molar-refractivity contribution in [3.05, 3.63) is 34.6 Å². The van der Waals surface area contributed by atoms with Gasteiger partial charge in [-0.3, -0.25) is 4.79 Å². The molecular formula is C10H9ClFNO3. The van der Waals surface area contributed by atoms with E-state index in [0.29, 0.717) is 0 Å². The summed E-state index contributed by atoms with van der Waals surface area (Å²) in [5.74, 6) is -3.16. The monoisotopic (exact) mass is 245 g/mol. The van der Waals surface area contributed by atoms with E-state index < -0.39 is 17.7 Å². The molecule has 2 N–H and O–H groups in total. The zero-order valence-corrected chi connectivity index (χ0v) is 8.92. The summed E-state index contributed by atoms with van der Waals surface area (Å²) in [5.41, 5.74) is 0.259. The first-order valence-electron chi connectivity index (χ1n) is 4.46. The molecule has 4 nitrogen and oxygen atoms in total. The van der Waals surface area contributed by atoms with E-state index >= 15 is 0 Å². The van der Waals surface area contributed by atoms with Crippen LogP contribution in [0, 0.1) is 5.82 Å². The number of benzene rings is 1. The number of carboxylic acid groups (broad SMARTS) is 1. The summed E-state index contributed by atoms with van der Waals surface area (Å²) >= 11 is 5.74. The molecule has 0 bridgehead atoms. The fourth-order valence-corrected chi connectivity index (χ4v) is 1.41. The Kier molecular flexibility index (Phi) is 4.25. The molecule has 0 unspecified atom stereocenters. The van der Waals surface area contributed by atoms with Crippen molar-refractivity contribution >= 4 is 23.5 Å². The lowest BCUT2D eigenvalue weighted by Crippen LogP contribution is -2.32. The van der Waals surface area contributed by atoms with Gasteiger partial charge in [-0.15, -0.1) is 0 Å². The maximum absolute atomic E-state index is 13.2. The fourth-order valence-electron chi connectivity index (χ4n) is 1.15. The first kappa shape index (κ1) is 12.4. The summed E-state index contributed by atoms with van der Waals surface area (Å²) in [6.07, 6.45) is 0.143. The Morgan fingerprint density at radius 1 is 1.44 bits per heavy atom. The van der Waals surface area contributed by atoms with Gasteiger partial charge in [0, 0.05) is 17.1 Å². The van der Waals surface area contributed by atoms with E-state index in [2.05, 4.69) is 5.32 Å². The summed E-state index contributed by atoms with van der Waals surface area (Å²) in [5, 5.41) is 10.7. The molecule has 0 saturated heterocycles. The van der Waals surface area contributed by atoms with Gasteiger partial charge in [-0.2, -0.15) is 0 Å². The Morgan fingerprint density at radius 2 is 2.12 bits per heavy atom. The molecule has 86 valence electrons. The van der Waals surface area contributed by atoms with E-state index in [1.807, 2.05) is 0 Å². The molecule has 0 aliphatic rings. The highest BCUT2D eigenvalue weighted by atomic mass is 35.5. The molecule has 0 aromatic heterocycles. The molecule has 0 radical (unpaired) electrons. The summed E-state index contributed by atoms with van der Waals surface area (Å²) in [4.78, 5) is 20.8. The smallest absolute Gasteiger partial charge is 0.394 e. The van der Waals surface area contributed by atoms with E-state index in [1.165, 1.54) is 18.2 Å². The van der Waals surface area contributed by atoms with Gasteiger partial charge >= 0.3 is 11.9 Å². The zero-order valence-electron chi connectivity index (χ0n) is 8.17. The topological polar surface area (TPSA) is 66.4 Å². The zero-order chi connectivity index (χ0) is 12.1. The van der Waals surface area contributed by atoms with Crippen molar-refractivity contribution in [3.8, 4) is 0 Å². The van der Waals surface area contributed by atoms with Gasteiger partial charge in [0.05, 0.1) is 0 Å². The van der Waals surface area contributed by atoms with Gasteiger partial charge in [0.15, 0.2) is 0 Å². The minimum absolute atomic E-state index is 0.0196. The Balaban J connectivity index is 2.55. The van der Waals surface area contributed by atoms with Gasteiger partial charge in [0.1, 0.15) is 5.82 Å². The van der Waals surface area contributed by atoms with E-state index in [4.69, 9.17) is 16.7 Å². The van der Waals surface area contributed by atoms with Crippen LogP contribution in [0.25, 0.3) is 0 Å².